The van der Waals surface area contributed by atoms with Crippen LogP contribution in [0.1, 0.15) is 22.8 Å². The van der Waals surface area contributed by atoms with Crippen LogP contribution in [-0.2, 0) is 16.3 Å². The van der Waals surface area contributed by atoms with Gasteiger partial charge in [0.15, 0.2) is 15.0 Å². The highest BCUT2D eigenvalue weighted by molar-refractivity contribution is 7.91. The van der Waals surface area contributed by atoms with Crippen molar-refractivity contribution >= 4 is 32.2 Å². The SMILES string of the molecule is CCS(=O)(=O)c1ccccc1C(=O)Nc1nc(-c2ccc3c(c2)CCO3)cs1. The topological polar surface area (TPSA) is 85.4 Å². The van der Waals surface area contributed by atoms with Crippen molar-refractivity contribution < 1.29 is 17.9 Å². The molecular weight excluding hydrogens is 396 g/mol. The molecule has 6 nitrogen and oxygen atoms in total. The van der Waals surface area contributed by atoms with E-state index in [9.17, 15) is 13.2 Å². The number of nitrogens with one attached hydrogen (secondary N) is 1. The van der Waals surface area contributed by atoms with E-state index in [0.717, 1.165) is 29.0 Å². The van der Waals surface area contributed by atoms with E-state index in [0.29, 0.717) is 11.7 Å². The summed E-state index contributed by atoms with van der Waals surface area (Å²) in [5, 5.41) is 5.00. The van der Waals surface area contributed by atoms with Gasteiger partial charge in [-0.05, 0) is 35.9 Å². The minimum absolute atomic E-state index is 0.0328. The number of carbonyl (C=O) groups excluding carboxylic acids is 1. The number of amides is 1. The molecule has 2 heterocycles. The molecule has 8 heteroatoms. The van der Waals surface area contributed by atoms with Gasteiger partial charge in [-0.1, -0.05) is 19.1 Å². The number of rotatable bonds is 5. The van der Waals surface area contributed by atoms with E-state index < -0.39 is 15.7 Å². The molecule has 0 saturated heterocycles. The van der Waals surface area contributed by atoms with Crippen LogP contribution in [-0.4, -0.2) is 31.7 Å². The van der Waals surface area contributed by atoms with Gasteiger partial charge >= 0.3 is 0 Å². The van der Waals surface area contributed by atoms with Gasteiger partial charge in [0.05, 0.1) is 28.5 Å². The fourth-order valence-electron chi connectivity index (χ4n) is 3.06. The molecule has 1 aliphatic rings. The molecule has 1 aromatic heterocycles. The van der Waals surface area contributed by atoms with Gasteiger partial charge in [-0.15, -0.1) is 11.3 Å². The first-order valence-electron chi connectivity index (χ1n) is 8.82. The highest BCUT2D eigenvalue weighted by atomic mass is 32.2. The number of aromatic nitrogens is 1. The van der Waals surface area contributed by atoms with E-state index in [1.165, 1.54) is 23.5 Å². The van der Waals surface area contributed by atoms with Gasteiger partial charge in [0, 0.05) is 17.4 Å². The number of hydrogen-bond donors (Lipinski definition) is 1. The second kappa shape index (κ2) is 7.37. The Labute approximate surface area is 167 Å². The predicted octanol–water partition coefficient (Wildman–Crippen LogP) is 3.79. The van der Waals surface area contributed by atoms with Gasteiger partial charge in [0.25, 0.3) is 5.91 Å². The van der Waals surface area contributed by atoms with Crippen molar-refractivity contribution in [2.75, 3.05) is 17.7 Å². The first kappa shape index (κ1) is 18.6. The number of benzene rings is 2. The monoisotopic (exact) mass is 414 g/mol. The molecule has 28 heavy (non-hydrogen) atoms. The molecule has 0 aliphatic carbocycles. The summed E-state index contributed by atoms with van der Waals surface area (Å²) in [7, 11) is -3.50. The summed E-state index contributed by atoms with van der Waals surface area (Å²) in [6.45, 7) is 2.25. The molecule has 0 saturated carbocycles. The van der Waals surface area contributed by atoms with E-state index in [1.54, 1.807) is 19.1 Å². The number of anilines is 1. The molecule has 144 valence electrons. The zero-order chi connectivity index (χ0) is 19.7. The van der Waals surface area contributed by atoms with E-state index in [2.05, 4.69) is 10.3 Å². The molecule has 2 aromatic carbocycles. The number of carbonyl (C=O) groups is 1. The molecule has 0 fully saturated rings. The van der Waals surface area contributed by atoms with E-state index in [1.807, 2.05) is 23.6 Å². The van der Waals surface area contributed by atoms with E-state index in [4.69, 9.17) is 4.74 Å². The molecule has 0 radical (unpaired) electrons. The number of thiazole rings is 1. The zero-order valence-electron chi connectivity index (χ0n) is 15.1. The molecule has 0 atom stereocenters. The molecule has 0 unspecified atom stereocenters. The second-order valence-electron chi connectivity index (χ2n) is 6.31. The first-order chi connectivity index (χ1) is 13.5. The van der Waals surface area contributed by atoms with Gasteiger partial charge < -0.3 is 4.74 Å². The fourth-order valence-corrected chi connectivity index (χ4v) is 4.86. The normalized spacial score (nSPS) is 13.0. The molecule has 0 bridgehead atoms. The number of hydrogen-bond acceptors (Lipinski definition) is 6. The summed E-state index contributed by atoms with van der Waals surface area (Å²) < 4.78 is 30.0. The van der Waals surface area contributed by atoms with Crippen LogP contribution in [0.3, 0.4) is 0 Å². The van der Waals surface area contributed by atoms with Crippen molar-refractivity contribution in [2.24, 2.45) is 0 Å². The van der Waals surface area contributed by atoms with Crippen molar-refractivity contribution in [2.45, 2.75) is 18.2 Å². The smallest absolute Gasteiger partial charge is 0.258 e. The molecule has 1 aliphatic heterocycles. The van der Waals surface area contributed by atoms with Crippen LogP contribution in [0.5, 0.6) is 5.75 Å². The summed E-state index contributed by atoms with van der Waals surface area (Å²) in [5.74, 6) is 0.345. The van der Waals surface area contributed by atoms with Gasteiger partial charge in [-0.3, -0.25) is 10.1 Å². The zero-order valence-corrected chi connectivity index (χ0v) is 16.8. The Bertz CT molecular complexity index is 1150. The quantitative estimate of drug-likeness (QED) is 0.687. The Balaban J connectivity index is 1.58. The maximum absolute atomic E-state index is 12.7. The van der Waals surface area contributed by atoms with Crippen LogP contribution < -0.4 is 10.1 Å². The fraction of sp³-hybridized carbons (Fsp3) is 0.200. The molecule has 4 rings (SSSR count). The largest absolute Gasteiger partial charge is 0.493 e. The average molecular weight is 415 g/mol. The Hall–Kier alpha value is -2.71. The Morgan fingerprint density at radius 1 is 1.25 bits per heavy atom. The summed E-state index contributed by atoms with van der Waals surface area (Å²) >= 11 is 1.30. The van der Waals surface area contributed by atoms with Crippen molar-refractivity contribution in [1.29, 1.82) is 0 Å². The van der Waals surface area contributed by atoms with Crippen molar-refractivity contribution in [3.8, 4) is 17.0 Å². The summed E-state index contributed by atoms with van der Waals surface area (Å²) in [4.78, 5) is 17.2. The minimum atomic E-state index is -3.50. The van der Waals surface area contributed by atoms with Crippen LogP contribution in [0.2, 0.25) is 0 Å². The number of sulfone groups is 1. The maximum Gasteiger partial charge on any atom is 0.258 e. The van der Waals surface area contributed by atoms with Crippen molar-refractivity contribution in [3.63, 3.8) is 0 Å². The highest BCUT2D eigenvalue weighted by Crippen LogP contribution is 2.32. The molecule has 1 amide bonds. The average Bonchev–Trinajstić information content (AvgIpc) is 3.36. The number of ether oxygens (including phenoxy) is 1. The summed E-state index contributed by atoms with van der Waals surface area (Å²) in [6, 6.07) is 12.1. The second-order valence-corrected chi connectivity index (χ2v) is 9.42. The van der Waals surface area contributed by atoms with Gasteiger partial charge in [0.1, 0.15) is 5.75 Å². The van der Waals surface area contributed by atoms with Crippen molar-refractivity contribution in [3.05, 3.63) is 59.0 Å². The molecule has 3 aromatic rings. The Morgan fingerprint density at radius 3 is 2.89 bits per heavy atom. The van der Waals surface area contributed by atoms with Gasteiger partial charge in [-0.25, -0.2) is 13.4 Å². The first-order valence-corrected chi connectivity index (χ1v) is 11.4. The summed E-state index contributed by atoms with van der Waals surface area (Å²) in [5.41, 5.74) is 2.98. The van der Waals surface area contributed by atoms with E-state index >= 15 is 0 Å². The lowest BCUT2D eigenvalue weighted by Gasteiger charge is -2.08. The number of nitrogens with zero attached hydrogens (tertiary/aromatic N) is 1. The van der Waals surface area contributed by atoms with Gasteiger partial charge in [-0.2, -0.15) is 0 Å². The molecule has 1 N–H and O–H groups in total. The number of fused-ring (bicyclic) bond motifs is 1. The molecular formula is C20H18N2O4S2. The lowest BCUT2D eigenvalue weighted by molar-refractivity contribution is 0.102. The molecule has 0 spiro atoms. The standard InChI is InChI=1S/C20H18N2O4S2/c1-2-28(24,25)18-6-4-3-5-15(18)19(23)22-20-21-16(12-27-20)13-7-8-17-14(11-13)9-10-26-17/h3-8,11-12H,2,9-10H2,1H3,(H,21,22,23). The third kappa shape index (κ3) is 3.53. The lowest BCUT2D eigenvalue weighted by atomic mass is 10.1. The van der Waals surface area contributed by atoms with Crippen LogP contribution in [0.15, 0.2) is 52.7 Å². The van der Waals surface area contributed by atoms with Crippen LogP contribution in [0.25, 0.3) is 11.3 Å². The van der Waals surface area contributed by atoms with Crippen LogP contribution in [0.4, 0.5) is 5.13 Å². The van der Waals surface area contributed by atoms with Crippen LogP contribution >= 0.6 is 11.3 Å². The Morgan fingerprint density at radius 2 is 2.07 bits per heavy atom. The predicted molar refractivity (Wildman–Crippen MR) is 109 cm³/mol. The minimum Gasteiger partial charge on any atom is -0.493 e. The third-order valence-corrected chi connectivity index (χ3v) is 7.10. The third-order valence-electron chi connectivity index (χ3n) is 4.56. The van der Waals surface area contributed by atoms with E-state index in [-0.39, 0.29) is 16.2 Å². The van der Waals surface area contributed by atoms with Crippen LogP contribution in [0, 0.1) is 0 Å². The highest BCUT2D eigenvalue weighted by Gasteiger charge is 2.21. The maximum atomic E-state index is 12.7. The summed E-state index contributed by atoms with van der Waals surface area (Å²) in [6.07, 6.45) is 0.875. The Kier molecular flexibility index (Phi) is 4.91. The van der Waals surface area contributed by atoms with Gasteiger partial charge in [0.2, 0.25) is 0 Å². The van der Waals surface area contributed by atoms with Crippen molar-refractivity contribution in [1.82, 2.24) is 4.98 Å². The lowest BCUT2D eigenvalue weighted by Crippen LogP contribution is -2.17.